The maximum absolute atomic E-state index is 15.1. The third kappa shape index (κ3) is 4.47. The Labute approximate surface area is 230 Å². The molecule has 0 bridgehead atoms. The van der Waals surface area contributed by atoms with Gasteiger partial charge < -0.3 is 20.7 Å². The van der Waals surface area contributed by atoms with E-state index in [9.17, 15) is 18.0 Å². The molecule has 9 nitrogen and oxygen atoms in total. The number of aliphatic imine (C=N–C) groups is 1. The molecule has 2 fully saturated rings. The van der Waals surface area contributed by atoms with Crippen LogP contribution in [-0.2, 0) is 10.3 Å². The number of amides is 1. The van der Waals surface area contributed by atoms with E-state index in [0.29, 0.717) is 30.5 Å². The van der Waals surface area contributed by atoms with Gasteiger partial charge in [0, 0.05) is 42.4 Å². The summed E-state index contributed by atoms with van der Waals surface area (Å²) in [6, 6.07) is 3.91. The van der Waals surface area contributed by atoms with Gasteiger partial charge >= 0.3 is 0 Å². The number of anilines is 2. The Morgan fingerprint density at radius 1 is 1.30 bits per heavy atom. The molecule has 3 atom stereocenters. The summed E-state index contributed by atoms with van der Waals surface area (Å²) in [6.07, 6.45) is 1.65. The Morgan fingerprint density at radius 2 is 2.12 bits per heavy atom. The molecule has 1 saturated heterocycles. The number of hydrogen-bond donors (Lipinski definition) is 2. The topological polar surface area (TPSA) is 119 Å². The maximum Gasteiger partial charge on any atom is 0.253 e. The average molecular weight is 576 g/mol. The fraction of sp³-hybridized carbons (Fsp3) is 0.423. The summed E-state index contributed by atoms with van der Waals surface area (Å²) < 4.78 is 62.0. The molecule has 1 amide bonds. The minimum atomic E-state index is -2.69. The molecule has 4 heterocycles. The number of likely N-dealkylation sites (tertiary alicyclic amines) is 1. The number of rotatable bonds is 8. The van der Waals surface area contributed by atoms with Gasteiger partial charge in [-0.2, -0.15) is 0 Å². The summed E-state index contributed by atoms with van der Waals surface area (Å²) in [5.41, 5.74) is 5.12. The number of amidine groups is 1. The first-order valence-corrected chi connectivity index (χ1v) is 13.5. The molecule has 2 aliphatic heterocycles. The molecule has 0 unspecified atom stereocenters. The molecule has 40 heavy (non-hydrogen) atoms. The van der Waals surface area contributed by atoms with Crippen LogP contribution in [0.1, 0.15) is 31.7 Å². The molecular weight excluding hydrogens is 550 g/mol. The van der Waals surface area contributed by atoms with Crippen LogP contribution in [0.4, 0.5) is 29.1 Å². The second-order valence-electron chi connectivity index (χ2n) is 10.2. The van der Waals surface area contributed by atoms with Gasteiger partial charge in [0.15, 0.2) is 22.6 Å². The monoisotopic (exact) mass is 575 g/mol. The second-order valence-corrected chi connectivity index (χ2v) is 11.6. The molecule has 1 aromatic carbocycles. The van der Waals surface area contributed by atoms with Crippen LogP contribution in [0.15, 0.2) is 35.6 Å². The fourth-order valence-corrected chi connectivity index (χ4v) is 6.90. The van der Waals surface area contributed by atoms with Crippen molar-refractivity contribution in [2.24, 2.45) is 16.6 Å². The lowest BCUT2D eigenvalue weighted by Crippen LogP contribution is -2.39. The number of alkyl halides is 2. The minimum absolute atomic E-state index is 0.0773. The minimum Gasteiger partial charge on any atom is -0.475 e. The lowest BCUT2D eigenvalue weighted by Gasteiger charge is -2.34. The van der Waals surface area contributed by atoms with E-state index in [-0.39, 0.29) is 47.1 Å². The molecule has 3 aliphatic rings. The van der Waals surface area contributed by atoms with Crippen LogP contribution in [0.5, 0.6) is 5.88 Å². The van der Waals surface area contributed by atoms with Crippen molar-refractivity contribution in [3.63, 3.8) is 0 Å². The van der Waals surface area contributed by atoms with Gasteiger partial charge in [0.2, 0.25) is 11.8 Å². The molecule has 3 aromatic rings. The number of hydrogen-bond acceptors (Lipinski definition) is 9. The van der Waals surface area contributed by atoms with E-state index in [1.807, 2.05) is 0 Å². The molecule has 0 radical (unpaired) electrons. The van der Waals surface area contributed by atoms with Crippen LogP contribution in [0.3, 0.4) is 0 Å². The highest BCUT2D eigenvalue weighted by Crippen LogP contribution is 2.68. The van der Waals surface area contributed by atoms with Crippen molar-refractivity contribution in [2.75, 3.05) is 25.0 Å². The SMILES string of the molecule is C[C@@]1(c2cc(Nc3nccc4nc(OCCN5CCCC5=O)cnc34)cc(F)c2F)N=C(N)S[C@@]2(C(F)F)C[C@@H]12. The van der Waals surface area contributed by atoms with Crippen molar-refractivity contribution >= 4 is 45.4 Å². The van der Waals surface area contributed by atoms with Crippen molar-refractivity contribution < 1.29 is 27.1 Å². The van der Waals surface area contributed by atoms with Gasteiger partial charge in [0.25, 0.3) is 6.43 Å². The first-order chi connectivity index (χ1) is 19.1. The Balaban J connectivity index is 1.26. The first-order valence-electron chi connectivity index (χ1n) is 12.7. The van der Waals surface area contributed by atoms with Crippen molar-refractivity contribution in [3.8, 4) is 5.88 Å². The van der Waals surface area contributed by atoms with Crippen LogP contribution in [-0.4, -0.2) is 61.8 Å². The predicted octanol–water partition coefficient (Wildman–Crippen LogP) is 4.35. The maximum atomic E-state index is 15.1. The largest absolute Gasteiger partial charge is 0.475 e. The Bertz CT molecular complexity index is 1540. The van der Waals surface area contributed by atoms with Crippen molar-refractivity contribution in [2.45, 2.75) is 42.9 Å². The normalized spacial score (nSPS) is 25.8. The summed E-state index contributed by atoms with van der Waals surface area (Å²) in [5.74, 6) is -2.48. The van der Waals surface area contributed by atoms with Crippen LogP contribution in [0, 0.1) is 17.6 Å². The predicted molar refractivity (Wildman–Crippen MR) is 142 cm³/mol. The zero-order valence-electron chi connectivity index (χ0n) is 21.3. The number of thioether (sulfide) groups is 1. The third-order valence-corrected chi connectivity index (χ3v) is 9.00. The number of halogens is 4. The summed E-state index contributed by atoms with van der Waals surface area (Å²) in [5, 5.41) is 2.86. The summed E-state index contributed by atoms with van der Waals surface area (Å²) >= 11 is 0.792. The van der Waals surface area contributed by atoms with Crippen molar-refractivity contribution in [1.82, 2.24) is 19.9 Å². The Hall–Kier alpha value is -3.68. The molecule has 210 valence electrons. The number of nitrogens with two attached hydrogens (primary N) is 1. The van der Waals surface area contributed by atoms with Crippen LogP contribution in [0.25, 0.3) is 11.0 Å². The highest BCUT2D eigenvalue weighted by molar-refractivity contribution is 8.15. The number of nitrogens with one attached hydrogen (secondary N) is 1. The third-order valence-electron chi connectivity index (χ3n) is 7.69. The van der Waals surface area contributed by atoms with E-state index in [0.717, 1.165) is 24.2 Å². The molecule has 14 heteroatoms. The molecule has 6 rings (SSSR count). The van der Waals surface area contributed by atoms with Gasteiger partial charge in [-0.1, -0.05) is 11.8 Å². The zero-order valence-corrected chi connectivity index (χ0v) is 22.2. The van der Waals surface area contributed by atoms with Crippen LogP contribution < -0.4 is 15.8 Å². The van der Waals surface area contributed by atoms with E-state index in [1.54, 1.807) is 11.0 Å². The molecule has 3 N–H and O–H groups in total. The zero-order chi connectivity index (χ0) is 28.2. The van der Waals surface area contributed by atoms with Gasteiger partial charge in [-0.15, -0.1) is 0 Å². The summed E-state index contributed by atoms with van der Waals surface area (Å²) in [4.78, 5) is 30.9. The van der Waals surface area contributed by atoms with Crippen LogP contribution in [0.2, 0.25) is 0 Å². The van der Waals surface area contributed by atoms with Gasteiger partial charge in [-0.3, -0.25) is 9.79 Å². The standard InChI is InChI=1S/C26H25F4N7O2S/c1-25(17-11-26(17,23(29)30)40-24(31)36-25)14-9-13(10-15(27)20(14)28)34-22-21-16(4-5-32-22)35-18(12-33-21)39-8-7-37-6-2-3-19(37)38/h4-5,9-10,12,17,23H,2-3,6-8,11H2,1H3,(H2,31,36)(H,32,34)/t17-,25-,26-/m0/s1. The van der Waals surface area contributed by atoms with E-state index < -0.39 is 34.3 Å². The number of carbonyl (C=O) groups is 1. The van der Waals surface area contributed by atoms with E-state index in [4.69, 9.17) is 10.5 Å². The Kier molecular flexibility index (Phi) is 6.47. The number of carbonyl (C=O) groups excluding carboxylic acids is 1. The van der Waals surface area contributed by atoms with Crippen molar-refractivity contribution in [1.29, 1.82) is 0 Å². The van der Waals surface area contributed by atoms with Gasteiger partial charge in [0.05, 0.1) is 28.5 Å². The quantitative estimate of drug-likeness (QED) is 0.381. The lowest BCUT2D eigenvalue weighted by molar-refractivity contribution is -0.128. The van der Waals surface area contributed by atoms with E-state index in [1.165, 1.54) is 25.4 Å². The smallest absolute Gasteiger partial charge is 0.253 e. The molecule has 1 aliphatic carbocycles. The highest BCUT2D eigenvalue weighted by Gasteiger charge is 2.71. The number of fused-ring (bicyclic) bond motifs is 2. The summed E-state index contributed by atoms with van der Waals surface area (Å²) in [6.45, 7) is 2.92. The molecule has 0 spiro atoms. The highest BCUT2D eigenvalue weighted by atomic mass is 32.2. The molecule has 2 aromatic heterocycles. The lowest BCUT2D eigenvalue weighted by atomic mass is 9.85. The second kappa shape index (κ2) is 9.75. The van der Waals surface area contributed by atoms with E-state index in [2.05, 4.69) is 25.3 Å². The Morgan fingerprint density at radius 3 is 2.88 bits per heavy atom. The fourth-order valence-electron chi connectivity index (χ4n) is 5.56. The first kappa shape index (κ1) is 26.5. The average Bonchev–Trinajstić information content (AvgIpc) is 3.54. The number of benzene rings is 1. The molecular formula is C26H25F4N7O2S. The van der Waals surface area contributed by atoms with Crippen molar-refractivity contribution in [3.05, 3.63) is 47.8 Å². The van der Waals surface area contributed by atoms with Gasteiger partial charge in [-0.25, -0.2) is 32.5 Å². The molecule has 1 saturated carbocycles. The summed E-state index contributed by atoms with van der Waals surface area (Å²) in [7, 11) is 0. The van der Waals surface area contributed by atoms with Crippen LogP contribution >= 0.6 is 11.8 Å². The number of pyridine rings is 1. The van der Waals surface area contributed by atoms with Gasteiger partial charge in [0.1, 0.15) is 12.1 Å². The number of nitrogens with zero attached hydrogens (tertiary/aromatic N) is 5. The number of ether oxygens (including phenoxy) is 1. The van der Waals surface area contributed by atoms with E-state index >= 15 is 4.39 Å². The van der Waals surface area contributed by atoms with Gasteiger partial charge in [-0.05, 0) is 31.9 Å². The number of aromatic nitrogens is 3.